The van der Waals surface area contributed by atoms with Crippen LogP contribution in [0.15, 0.2) is 45.6 Å². The molecule has 2 aromatic carbocycles. The van der Waals surface area contributed by atoms with Gasteiger partial charge in [-0.3, -0.25) is 9.36 Å². The third kappa shape index (κ3) is 4.91. The summed E-state index contributed by atoms with van der Waals surface area (Å²) in [5.41, 5.74) is 2.63. The summed E-state index contributed by atoms with van der Waals surface area (Å²) in [4.78, 5) is 24.8. The fourth-order valence-electron chi connectivity index (χ4n) is 4.72. The van der Waals surface area contributed by atoms with Gasteiger partial charge in [0.05, 0.1) is 17.7 Å². The van der Waals surface area contributed by atoms with Gasteiger partial charge in [0.1, 0.15) is 18.0 Å². The van der Waals surface area contributed by atoms with E-state index in [9.17, 15) is 20.0 Å². The molecule has 0 unspecified atom stereocenters. The molecular weight excluding hydrogens is 467 g/mol. The fourth-order valence-corrected chi connectivity index (χ4v) is 4.72. The highest BCUT2D eigenvalue weighted by Crippen LogP contribution is 2.35. The molecule has 188 valence electrons. The molecule has 3 aromatic rings. The highest BCUT2D eigenvalue weighted by Gasteiger charge is 2.32. The van der Waals surface area contributed by atoms with Crippen LogP contribution in [-0.4, -0.2) is 53.5 Å². The largest absolute Gasteiger partial charge is 0.420 e. The number of hydrogen-bond acceptors (Lipinski definition) is 7. The molecule has 10 heteroatoms. The number of oxazole rings is 1. The highest BCUT2D eigenvalue weighted by atomic mass is 19.1. The number of ether oxygens (including phenoxy) is 1. The molecule has 1 amide bonds. The van der Waals surface area contributed by atoms with Gasteiger partial charge in [0.2, 0.25) is 0 Å². The van der Waals surface area contributed by atoms with E-state index in [0.717, 1.165) is 13.0 Å². The number of benzene rings is 2. The lowest BCUT2D eigenvalue weighted by Gasteiger charge is -2.31. The van der Waals surface area contributed by atoms with E-state index < -0.39 is 35.7 Å². The zero-order valence-corrected chi connectivity index (χ0v) is 19.6. The molecule has 1 saturated carbocycles. The number of aliphatic hydroxyl groups excluding tert-OH is 1. The molecule has 5 rings (SSSR count). The van der Waals surface area contributed by atoms with E-state index in [1.807, 2.05) is 6.07 Å². The minimum atomic E-state index is -0.903. The first-order chi connectivity index (χ1) is 17.4. The smallest absolute Gasteiger partial charge is 0.408 e. The monoisotopic (exact) mass is 494 g/mol. The quantitative estimate of drug-likeness (QED) is 0.478. The summed E-state index contributed by atoms with van der Waals surface area (Å²) >= 11 is 0. The zero-order chi connectivity index (χ0) is 25.2. The Balaban J connectivity index is 1.32. The van der Waals surface area contributed by atoms with Crippen LogP contribution in [0.2, 0.25) is 0 Å². The number of nitrogens with one attached hydrogen (secondary N) is 2. The number of halogens is 1. The molecule has 2 aliphatic rings. The van der Waals surface area contributed by atoms with Crippen LogP contribution in [0.3, 0.4) is 0 Å². The Kier molecular flexibility index (Phi) is 6.87. The van der Waals surface area contributed by atoms with Crippen LogP contribution in [0.25, 0.3) is 22.2 Å². The summed E-state index contributed by atoms with van der Waals surface area (Å²) in [6, 6.07) is 10.9. The Morgan fingerprint density at radius 2 is 2.06 bits per heavy atom. The van der Waals surface area contributed by atoms with Gasteiger partial charge in [0, 0.05) is 25.6 Å². The van der Waals surface area contributed by atoms with Gasteiger partial charge in [0.15, 0.2) is 5.58 Å². The number of aliphatic hydroxyl groups is 1. The molecule has 9 nitrogen and oxygen atoms in total. The average molecular weight is 495 g/mol. The highest BCUT2D eigenvalue weighted by molar-refractivity contribution is 5.82. The second kappa shape index (κ2) is 10.2. The molecule has 2 atom stereocenters. The summed E-state index contributed by atoms with van der Waals surface area (Å²) in [6.07, 6.45) is 0.686. The predicted molar refractivity (Wildman–Crippen MR) is 129 cm³/mol. The minimum Gasteiger partial charge on any atom is -0.408 e. The summed E-state index contributed by atoms with van der Waals surface area (Å²) in [6.45, 7) is 1.59. The standard InChI is InChI=1S/C26H27FN4O5/c27-21-9-15(16-4-5-23-22(10-16)31(26(34)36-23)19-11-20(32)12-19)2-3-17(21)8-18(13-28)30-25(33)24-14-29-6-1-7-35-24/h2-5,9-10,18-20,24,29,32H,1,6-8,11-12,14H2,(H,30,33)/t18-,19?,20?,24-/m0/s1. The summed E-state index contributed by atoms with van der Waals surface area (Å²) in [5.74, 6) is -1.37. The second-order valence-electron chi connectivity index (χ2n) is 9.32. The number of carbonyl (C=O) groups excluding carboxylic acids is 1. The van der Waals surface area contributed by atoms with Gasteiger partial charge in [0.25, 0.3) is 5.91 Å². The van der Waals surface area contributed by atoms with Crippen molar-refractivity contribution in [2.24, 2.45) is 0 Å². The number of amides is 1. The Hall–Kier alpha value is -3.52. The first-order valence-electron chi connectivity index (χ1n) is 12.1. The van der Waals surface area contributed by atoms with Crippen molar-refractivity contribution in [1.29, 1.82) is 5.26 Å². The van der Waals surface area contributed by atoms with E-state index in [1.54, 1.807) is 34.9 Å². The maximum Gasteiger partial charge on any atom is 0.420 e. The van der Waals surface area contributed by atoms with Crippen molar-refractivity contribution in [3.05, 3.63) is 58.3 Å². The Labute approximate surface area is 206 Å². The normalized spacial score (nSPS) is 22.9. The van der Waals surface area contributed by atoms with Gasteiger partial charge in [-0.25, -0.2) is 9.18 Å². The van der Waals surface area contributed by atoms with Crippen molar-refractivity contribution >= 4 is 17.0 Å². The summed E-state index contributed by atoms with van der Waals surface area (Å²) in [7, 11) is 0. The molecule has 1 aliphatic carbocycles. The Morgan fingerprint density at radius 3 is 2.81 bits per heavy atom. The lowest BCUT2D eigenvalue weighted by Crippen LogP contribution is -2.46. The van der Waals surface area contributed by atoms with Crippen LogP contribution in [-0.2, 0) is 16.0 Å². The van der Waals surface area contributed by atoms with Crippen molar-refractivity contribution in [2.75, 3.05) is 19.7 Å². The van der Waals surface area contributed by atoms with Crippen molar-refractivity contribution in [1.82, 2.24) is 15.2 Å². The summed E-state index contributed by atoms with van der Waals surface area (Å²) < 4.78 is 27.5. The number of nitriles is 1. The number of hydrogen-bond donors (Lipinski definition) is 3. The number of fused-ring (bicyclic) bond motifs is 1. The molecule has 0 bridgehead atoms. The van der Waals surface area contributed by atoms with Crippen molar-refractivity contribution in [3.63, 3.8) is 0 Å². The number of rotatable bonds is 6. The molecule has 1 saturated heterocycles. The summed E-state index contributed by atoms with van der Waals surface area (Å²) in [5, 5.41) is 24.9. The van der Waals surface area contributed by atoms with Crippen molar-refractivity contribution in [2.45, 2.75) is 50.0 Å². The molecule has 0 radical (unpaired) electrons. The lowest BCUT2D eigenvalue weighted by atomic mass is 9.89. The van der Waals surface area contributed by atoms with Gasteiger partial charge in [-0.15, -0.1) is 0 Å². The van der Waals surface area contributed by atoms with E-state index in [0.29, 0.717) is 53.8 Å². The van der Waals surface area contributed by atoms with Crippen LogP contribution in [0.5, 0.6) is 0 Å². The predicted octanol–water partition coefficient (Wildman–Crippen LogP) is 2.03. The van der Waals surface area contributed by atoms with E-state index in [2.05, 4.69) is 10.6 Å². The second-order valence-corrected chi connectivity index (χ2v) is 9.32. The van der Waals surface area contributed by atoms with Crippen LogP contribution in [0.4, 0.5) is 4.39 Å². The van der Waals surface area contributed by atoms with E-state index >= 15 is 4.39 Å². The molecular formula is C26H27FN4O5. The molecule has 0 spiro atoms. The third-order valence-electron chi connectivity index (χ3n) is 6.79. The van der Waals surface area contributed by atoms with Gasteiger partial charge in [-0.2, -0.15) is 5.26 Å². The topological polar surface area (TPSA) is 130 Å². The number of aromatic nitrogens is 1. The molecule has 2 heterocycles. The zero-order valence-electron chi connectivity index (χ0n) is 19.6. The molecule has 1 aliphatic heterocycles. The lowest BCUT2D eigenvalue weighted by molar-refractivity contribution is -0.132. The Bertz CT molecular complexity index is 1360. The van der Waals surface area contributed by atoms with Crippen LogP contribution in [0.1, 0.15) is 30.9 Å². The minimum absolute atomic E-state index is 0.0127. The maximum absolute atomic E-state index is 15.1. The van der Waals surface area contributed by atoms with E-state index in [4.69, 9.17) is 9.15 Å². The van der Waals surface area contributed by atoms with Crippen LogP contribution >= 0.6 is 0 Å². The van der Waals surface area contributed by atoms with Crippen molar-refractivity contribution < 1.29 is 23.4 Å². The average Bonchev–Trinajstić information content (AvgIpc) is 3.00. The molecule has 1 aromatic heterocycles. The maximum atomic E-state index is 15.1. The van der Waals surface area contributed by atoms with E-state index in [-0.39, 0.29) is 12.5 Å². The first-order valence-corrected chi connectivity index (χ1v) is 12.1. The molecule has 2 fully saturated rings. The van der Waals surface area contributed by atoms with Gasteiger partial charge in [-0.1, -0.05) is 18.2 Å². The first kappa shape index (κ1) is 24.2. The van der Waals surface area contributed by atoms with Gasteiger partial charge in [-0.05, 0) is 60.7 Å². The SMILES string of the molecule is N#C[C@H](Cc1ccc(-c2ccc3oc(=O)n(C4CC(O)C4)c3c2)cc1F)NC(=O)[C@@H]1CNCCCO1. The molecule has 3 N–H and O–H groups in total. The van der Waals surface area contributed by atoms with Gasteiger partial charge >= 0.3 is 5.76 Å². The van der Waals surface area contributed by atoms with Crippen molar-refractivity contribution in [3.8, 4) is 17.2 Å². The van der Waals surface area contributed by atoms with Gasteiger partial charge < -0.3 is 24.9 Å². The third-order valence-corrected chi connectivity index (χ3v) is 6.79. The Morgan fingerprint density at radius 1 is 1.28 bits per heavy atom. The number of carbonyl (C=O) groups is 1. The van der Waals surface area contributed by atoms with E-state index in [1.165, 1.54) is 6.07 Å². The van der Waals surface area contributed by atoms with Crippen LogP contribution in [0, 0.1) is 17.1 Å². The fraction of sp³-hybridized carbons (Fsp3) is 0.423. The molecule has 36 heavy (non-hydrogen) atoms. The van der Waals surface area contributed by atoms with Crippen LogP contribution < -0.4 is 16.4 Å². The number of nitrogens with zero attached hydrogens (tertiary/aromatic N) is 2.